The van der Waals surface area contributed by atoms with Gasteiger partial charge in [0.15, 0.2) is 0 Å². The lowest BCUT2D eigenvalue weighted by molar-refractivity contribution is 0.0440. The van der Waals surface area contributed by atoms with Crippen LogP contribution in [0, 0.1) is 5.82 Å². The number of hydrogen-bond donors (Lipinski definition) is 0. The second kappa shape index (κ2) is 4.61. The highest BCUT2D eigenvalue weighted by molar-refractivity contribution is 5.89. The smallest absolute Gasteiger partial charge is 0.341 e. The molecule has 0 bridgehead atoms. The summed E-state index contributed by atoms with van der Waals surface area (Å²) < 4.78 is 23.0. The Morgan fingerprint density at radius 2 is 2.06 bits per heavy atom. The first-order chi connectivity index (χ1) is 7.77. The standard InChI is InChI=1S/C12H9FO3/c13-11-6-2-1-5-10(11)12(14)16-8-9-4-3-7-15-9/h1-7H,8H2. The minimum absolute atomic E-state index is 0.000166. The van der Waals surface area contributed by atoms with Crippen LogP contribution in [0.1, 0.15) is 16.1 Å². The molecule has 1 aromatic carbocycles. The summed E-state index contributed by atoms with van der Waals surface area (Å²) >= 11 is 0. The number of esters is 1. The maximum Gasteiger partial charge on any atom is 0.341 e. The zero-order chi connectivity index (χ0) is 11.4. The van der Waals surface area contributed by atoms with Crippen molar-refractivity contribution in [1.29, 1.82) is 0 Å². The predicted octanol–water partition coefficient (Wildman–Crippen LogP) is 2.78. The van der Waals surface area contributed by atoms with Crippen LogP contribution in [0.3, 0.4) is 0 Å². The van der Waals surface area contributed by atoms with E-state index in [9.17, 15) is 9.18 Å². The third-order valence-corrected chi connectivity index (χ3v) is 2.02. The Bertz CT molecular complexity index is 477. The number of hydrogen-bond acceptors (Lipinski definition) is 3. The average Bonchev–Trinajstić information content (AvgIpc) is 2.79. The molecule has 16 heavy (non-hydrogen) atoms. The molecule has 0 saturated carbocycles. The molecule has 0 amide bonds. The lowest BCUT2D eigenvalue weighted by Gasteiger charge is -2.03. The van der Waals surface area contributed by atoms with E-state index in [0.29, 0.717) is 5.76 Å². The molecule has 0 aliphatic heterocycles. The van der Waals surface area contributed by atoms with Crippen LogP contribution in [-0.4, -0.2) is 5.97 Å². The predicted molar refractivity (Wildman–Crippen MR) is 54.2 cm³/mol. The SMILES string of the molecule is O=C(OCc1ccco1)c1ccccc1F. The van der Waals surface area contributed by atoms with Gasteiger partial charge in [0.25, 0.3) is 0 Å². The summed E-state index contributed by atoms with van der Waals surface area (Å²) in [6.07, 6.45) is 1.48. The third-order valence-electron chi connectivity index (χ3n) is 2.02. The Morgan fingerprint density at radius 1 is 1.25 bits per heavy atom. The Kier molecular flexibility index (Phi) is 3.00. The van der Waals surface area contributed by atoms with Gasteiger partial charge >= 0.3 is 5.97 Å². The molecule has 0 spiro atoms. The van der Waals surface area contributed by atoms with Crippen LogP contribution in [0.15, 0.2) is 47.1 Å². The molecule has 0 aliphatic rings. The molecular formula is C12H9FO3. The van der Waals surface area contributed by atoms with Crippen LogP contribution in [0.2, 0.25) is 0 Å². The van der Waals surface area contributed by atoms with Crippen molar-refractivity contribution < 1.29 is 18.3 Å². The van der Waals surface area contributed by atoms with Crippen LogP contribution in [-0.2, 0) is 11.3 Å². The van der Waals surface area contributed by atoms with Crippen molar-refractivity contribution in [3.8, 4) is 0 Å². The molecule has 2 rings (SSSR count). The number of halogens is 1. The van der Waals surface area contributed by atoms with E-state index in [1.807, 2.05) is 0 Å². The van der Waals surface area contributed by atoms with Gasteiger partial charge in [0.05, 0.1) is 11.8 Å². The molecule has 3 nitrogen and oxygen atoms in total. The highest BCUT2D eigenvalue weighted by Crippen LogP contribution is 2.10. The van der Waals surface area contributed by atoms with Gasteiger partial charge in [0, 0.05) is 0 Å². The largest absolute Gasteiger partial charge is 0.466 e. The van der Waals surface area contributed by atoms with E-state index >= 15 is 0 Å². The summed E-state index contributed by atoms with van der Waals surface area (Å²) in [7, 11) is 0. The van der Waals surface area contributed by atoms with Gasteiger partial charge in [-0.15, -0.1) is 0 Å². The van der Waals surface area contributed by atoms with Crippen LogP contribution < -0.4 is 0 Å². The summed E-state index contributed by atoms with van der Waals surface area (Å²) in [5.41, 5.74) is -0.0749. The van der Waals surface area contributed by atoms with E-state index in [4.69, 9.17) is 9.15 Å². The number of carbonyl (C=O) groups excluding carboxylic acids is 1. The fourth-order valence-corrected chi connectivity index (χ4v) is 1.24. The normalized spacial score (nSPS) is 10.1. The lowest BCUT2D eigenvalue weighted by Crippen LogP contribution is -2.06. The van der Waals surface area contributed by atoms with Crippen molar-refractivity contribution in [3.63, 3.8) is 0 Å². The zero-order valence-corrected chi connectivity index (χ0v) is 8.35. The first-order valence-electron chi connectivity index (χ1n) is 4.71. The van der Waals surface area contributed by atoms with Gasteiger partial charge in [-0.25, -0.2) is 9.18 Å². The van der Waals surface area contributed by atoms with Crippen molar-refractivity contribution >= 4 is 5.97 Å². The van der Waals surface area contributed by atoms with E-state index in [1.165, 1.54) is 24.5 Å². The maximum atomic E-state index is 13.2. The minimum Gasteiger partial charge on any atom is -0.466 e. The monoisotopic (exact) mass is 220 g/mol. The lowest BCUT2D eigenvalue weighted by atomic mass is 10.2. The molecule has 82 valence electrons. The fraction of sp³-hybridized carbons (Fsp3) is 0.0833. The molecule has 0 radical (unpaired) electrons. The van der Waals surface area contributed by atoms with Crippen molar-refractivity contribution in [3.05, 3.63) is 59.8 Å². The number of furan rings is 1. The highest BCUT2D eigenvalue weighted by atomic mass is 19.1. The van der Waals surface area contributed by atoms with Crippen LogP contribution in [0.25, 0.3) is 0 Å². The fourth-order valence-electron chi connectivity index (χ4n) is 1.24. The maximum absolute atomic E-state index is 13.2. The molecule has 4 heteroatoms. The topological polar surface area (TPSA) is 39.4 Å². The Labute approximate surface area is 91.5 Å². The quantitative estimate of drug-likeness (QED) is 0.746. The Balaban J connectivity index is 2.01. The van der Waals surface area contributed by atoms with Gasteiger partial charge in [0.2, 0.25) is 0 Å². The molecule has 0 N–H and O–H groups in total. The molecule has 0 saturated heterocycles. The van der Waals surface area contributed by atoms with Crippen molar-refractivity contribution in [2.75, 3.05) is 0 Å². The molecule has 0 unspecified atom stereocenters. The van der Waals surface area contributed by atoms with E-state index in [0.717, 1.165) is 0 Å². The van der Waals surface area contributed by atoms with Crippen LogP contribution >= 0.6 is 0 Å². The summed E-state index contributed by atoms with van der Waals surface area (Å²) in [5.74, 6) is -0.772. The highest BCUT2D eigenvalue weighted by Gasteiger charge is 2.12. The molecular weight excluding hydrogens is 211 g/mol. The molecule has 0 fully saturated rings. The summed E-state index contributed by atoms with van der Waals surface area (Å²) in [6, 6.07) is 9.04. The zero-order valence-electron chi connectivity index (χ0n) is 8.35. The van der Waals surface area contributed by atoms with Crippen molar-refractivity contribution in [1.82, 2.24) is 0 Å². The van der Waals surface area contributed by atoms with Crippen molar-refractivity contribution in [2.24, 2.45) is 0 Å². The van der Waals surface area contributed by atoms with Gasteiger partial charge in [-0.05, 0) is 24.3 Å². The molecule has 1 aromatic heterocycles. The molecule has 0 atom stereocenters. The van der Waals surface area contributed by atoms with Crippen LogP contribution in [0.5, 0.6) is 0 Å². The summed E-state index contributed by atoms with van der Waals surface area (Å²) in [4.78, 5) is 11.5. The summed E-state index contributed by atoms with van der Waals surface area (Å²) in [6.45, 7) is 0.000166. The molecule has 0 aliphatic carbocycles. The van der Waals surface area contributed by atoms with Crippen LogP contribution in [0.4, 0.5) is 4.39 Å². The van der Waals surface area contributed by atoms with E-state index in [-0.39, 0.29) is 12.2 Å². The van der Waals surface area contributed by atoms with Gasteiger partial charge < -0.3 is 9.15 Å². The Hall–Kier alpha value is -2.10. The summed E-state index contributed by atoms with van der Waals surface area (Å²) in [5, 5.41) is 0. The third kappa shape index (κ3) is 2.28. The van der Waals surface area contributed by atoms with E-state index in [2.05, 4.69) is 0 Å². The molecule has 2 aromatic rings. The minimum atomic E-state index is -0.700. The number of carbonyl (C=O) groups is 1. The van der Waals surface area contributed by atoms with E-state index < -0.39 is 11.8 Å². The average molecular weight is 220 g/mol. The Morgan fingerprint density at radius 3 is 2.75 bits per heavy atom. The number of rotatable bonds is 3. The van der Waals surface area contributed by atoms with Gasteiger partial charge in [-0.2, -0.15) is 0 Å². The van der Waals surface area contributed by atoms with E-state index in [1.54, 1.807) is 18.2 Å². The molecule has 1 heterocycles. The second-order valence-corrected chi connectivity index (χ2v) is 3.14. The van der Waals surface area contributed by atoms with Crippen molar-refractivity contribution in [2.45, 2.75) is 6.61 Å². The first-order valence-corrected chi connectivity index (χ1v) is 4.71. The number of benzene rings is 1. The van der Waals surface area contributed by atoms with Gasteiger partial charge in [-0.1, -0.05) is 12.1 Å². The first kappa shape index (κ1) is 10.4. The van der Waals surface area contributed by atoms with Gasteiger partial charge in [0.1, 0.15) is 18.2 Å². The number of ether oxygens (including phenoxy) is 1. The second-order valence-electron chi connectivity index (χ2n) is 3.14. The van der Waals surface area contributed by atoms with Gasteiger partial charge in [-0.3, -0.25) is 0 Å².